The molecule has 0 radical (unpaired) electrons. The van der Waals surface area contributed by atoms with E-state index < -0.39 is 0 Å². The van der Waals surface area contributed by atoms with Gasteiger partial charge in [0, 0.05) is 12.6 Å². The van der Waals surface area contributed by atoms with Gasteiger partial charge in [0.2, 0.25) is 0 Å². The number of hydrogen-bond acceptors (Lipinski definition) is 4. The minimum absolute atomic E-state index is 0.606. The average molecular weight is 261 g/mol. The first-order valence-electron chi connectivity index (χ1n) is 6.24. The molecule has 1 atom stereocenters. The first kappa shape index (κ1) is 11.7. The van der Waals surface area contributed by atoms with Crippen LogP contribution in [0.2, 0.25) is 0 Å². The SMILES string of the molecule is O=Cc1cccn2c(CC3CCCSC3)nnc12. The van der Waals surface area contributed by atoms with Gasteiger partial charge in [0.25, 0.3) is 0 Å². The lowest BCUT2D eigenvalue weighted by molar-refractivity contribution is 0.112. The van der Waals surface area contributed by atoms with Crippen LogP contribution in [0.5, 0.6) is 0 Å². The number of carbonyl (C=O) groups is 1. The van der Waals surface area contributed by atoms with E-state index in [1.54, 1.807) is 6.07 Å². The molecule has 2 aromatic heterocycles. The van der Waals surface area contributed by atoms with Crippen LogP contribution in [0.3, 0.4) is 0 Å². The van der Waals surface area contributed by atoms with Crippen molar-refractivity contribution in [2.45, 2.75) is 19.3 Å². The third kappa shape index (κ3) is 2.14. The minimum atomic E-state index is 0.606. The normalized spacial score (nSPS) is 20.1. The lowest BCUT2D eigenvalue weighted by Crippen LogP contribution is -2.14. The summed E-state index contributed by atoms with van der Waals surface area (Å²) in [6, 6.07) is 3.65. The van der Waals surface area contributed by atoms with E-state index in [-0.39, 0.29) is 0 Å². The van der Waals surface area contributed by atoms with Gasteiger partial charge in [0.05, 0.1) is 5.56 Å². The molecule has 5 heteroatoms. The van der Waals surface area contributed by atoms with Gasteiger partial charge in [-0.25, -0.2) is 0 Å². The first-order chi connectivity index (χ1) is 8.88. The summed E-state index contributed by atoms with van der Waals surface area (Å²) in [6.45, 7) is 0. The molecule has 0 saturated carbocycles. The van der Waals surface area contributed by atoms with E-state index in [2.05, 4.69) is 10.2 Å². The Kier molecular flexibility index (Phi) is 3.32. The number of aromatic nitrogens is 3. The highest BCUT2D eigenvalue weighted by Gasteiger charge is 2.17. The molecule has 0 amide bonds. The quantitative estimate of drug-likeness (QED) is 0.795. The van der Waals surface area contributed by atoms with Crippen molar-refractivity contribution in [3.8, 4) is 0 Å². The summed E-state index contributed by atoms with van der Waals surface area (Å²) in [5.74, 6) is 4.16. The summed E-state index contributed by atoms with van der Waals surface area (Å²) < 4.78 is 1.95. The molecule has 1 saturated heterocycles. The van der Waals surface area contributed by atoms with Crippen LogP contribution in [0.25, 0.3) is 5.65 Å². The fourth-order valence-corrected chi connectivity index (χ4v) is 3.60. The maximum Gasteiger partial charge on any atom is 0.171 e. The van der Waals surface area contributed by atoms with Crippen LogP contribution in [-0.2, 0) is 6.42 Å². The number of rotatable bonds is 3. The zero-order chi connectivity index (χ0) is 12.4. The molecule has 3 rings (SSSR count). The Labute approximate surface area is 110 Å². The fourth-order valence-electron chi connectivity index (χ4n) is 2.44. The standard InChI is InChI=1S/C13H15N3OS/c17-8-11-4-1-5-16-12(14-15-13(11)16)7-10-3-2-6-18-9-10/h1,4-5,8,10H,2-3,6-7,9H2. The van der Waals surface area contributed by atoms with Gasteiger partial charge in [-0.1, -0.05) is 0 Å². The Morgan fingerprint density at radius 2 is 2.44 bits per heavy atom. The van der Waals surface area contributed by atoms with E-state index in [1.807, 2.05) is 28.4 Å². The van der Waals surface area contributed by atoms with Crippen LogP contribution >= 0.6 is 11.8 Å². The van der Waals surface area contributed by atoms with Crippen LogP contribution in [0.15, 0.2) is 18.3 Å². The highest BCUT2D eigenvalue weighted by atomic mass is 32.2. The molecule has 0 aliphatic carbocycles. The van der Waals surface area contributed by atoms with Crippen molar-refractivity contribution in [2.24, 2.45) is 5.92 Å². The summed E-state index contributed by atoms with van der Waals surface area (Å²) in [5, 5.41) is 8.37. The number of thioether (sulfide) groups is 1. The highest BCUT2D eigenvalue weighted by molar-refractivity contribution is 7.99. The van der Waals surface area contributed by atoms with Gasteiger partial charge in [-0.05, 0) is 42.4 Å². The van der Waals surface area contributed by atoms with Crippen molar-refractivity contribution < 1.29 is 4.79 Å². The molecule has 1 aliphatic rings. The van der Waals surface area contributed by atoms with Gasteiger partial charge in [-0.3, -0.25) is 9.20 Å². The molecule has 0 aromatic carbocycles. The van der Waals surface area contributed by atoms with E-state index >= 15 is 0 Å². The smallest absolute Gasteiger partial charge is 0.171 e. The Morgan fingerprint density at radius 3 is 3.22 bits per heavy atom. The number of nitrogens with zero attached hydrogens (tertiary/aromatic N) is 3. The maximum absolute atomic E-state index is 10.9. The Bertz CT molecular complexity index is 560. The van der Waals surface area contributed by atoms with E-state index in [0.29, 0.717) is 17.1 Å². The van der Waals surface area contributed by atoms with Crippen molar-refractivity contribution in [2.75, 3.05) is 11.5 Å². The summed E-state index contributed by atoms with van der Waals surface area (Å²) in [7, 11) is 0. The molecular weight excluding hydrogens is 246 g/mol. The topological polar surface area (TPSA) is 47.3 Å². The van der Waals surface area contributed by atoms with Crippen molar-refractivity contribution in [3.63, 3.8) is 0 Å². The lowest BCUT2D eigenvalue weighted by Gasteiger charge is -2.20. The third-order valence-corrected chi connectivity index (χ3v) is 4.67. The number of hydrogen-bond donors (Lipinski definition) is 0. The Hall–Kier alpha value is -1.36. The van der Waals surface area contributed by atoms with Crippen LogP contribution in [0.1, 0.15) is 29.0 Å². The monoisotopic (exact) mass is 261 g/mol. The zero-order valence-electron chi connectivity index (χ0n) is 10.1. The van der Waals surface area contributed by atoms with Gasteiger partial charge in [-0.15, -0.1) is 10.2 Å². The molecular formula is C13H15N3OS. The van der Waals surface area contributed by atoms with Crippen LogP contribution in [0.4, 0.5) is 0 Å². The van der Waals surface area contributed by atoms with Crippen LogP contribution in [0, 0.1) is 5.92 Å². The second-order valence-electron chi connectivity index (χ2n) is 4.68. The molecule has 0 spiro atoms. The maximum atomic E-state index is 10.9. The van der Waals surface area contributed by atoms with E-state index in [0.717, 1.165) is 18.5 Å². The fraction of sp³-hybridized carbons (Fsp3) is 0.462. The zero-order valence-corrected chi connectivity index (χ0v) is 10.9. The third-order valence-electron chi connectivity index (χ3n) is 3.39. The molecule has 94 valence electrons. The molecule has 3 heterocycles. The molecule has 1 fully saturated rings. The van der Waals surface area contributed by atoms with Gasteiger partial charge >= 0.3 is 0 Å². The predicted octanol–water partition coefficient (Wildman–Crippen LogP) is 2.23. The summed E-state index contributed by atoms with van der Waals surface area (Å²) >= 11 is 2.02. The molecule has 0 N–H and O–H groups in total. The largest absolute Gasteiger partial charge is 0.298 e. The van der Waals surface area contributed by atoms with Gasteiger partial charge in [0.15, 0.2) is 11.9 Å². The Morgan fingerprint density at radius 1 is 1.50 bits per heavy atom. The number of pyridine rings is 1. The molecule has 0 bridgehead atoms. The van der Waals surface area contributed by atoms with Gasteiger partial charge in [-0.2, -0.15) is 11.8 Å². The molecule has 4 nitrogen and oxygen atoms in total. The first-order valence-corrected chi connectivity index (χ1v) is 7.39. The molecule has 1 unspecified atom stereocenters. The van der Waals surface area contributed by atoms with Crippen molar-refractivity contribution in [1.82, 2.24) is 14.6 Å². The average Bonchev–Trinajstić information content (AvgIpc) is 2.83. The summed E-state index contributed by atoms with van der Waals surface area (Å²) in [4.78, 5) is 10.9. The second-order valence-corrected chi connectivity index (χ2v) is 5.83. The van der Waals surface area contributed by atoms with Gasteiger partial charge < -0.3 is 0 Å². The van der Waals surface area contributed by atoms with E-state index in [9.17, 15) is 4.79 Å². The summed E-state index contributed by atoms with van der Waals surface area (Å²) in [6.07, 6.45) is 6.30. The molecule has 1 aliphatic heterocycles. The molecule has 2 aromatic rings. The predicted molar refractivity (Wildman–Crippen MR) is 72.1 cm³/mol. The Balaban J connectivity index is 1.90. The summed E-state index contributed by atoms with van der Waals surface area (Å²) in [5.41, 5.74) is 1.28. The van der Waals surface area contributed by atoms with Crippen LogP contribution < -0.4 is 0 Å². The van der Waals surface area contributed by atoms with E-state index in [1.165, 1.54) is 24.3 Å². The minimum Gasteiger partial charge on any atom is -0.298 e. The van der Waals surface area contributed by atoms with Crippen molar-refractivity contribution in [1.29, 1.82) is 0 Å². The van der Waals surface area contributed by atoms with Crippen molar-refractivity contribution >= 4 is 23.7 Å². The van der Waals surface area contributed by atoms with Crippen molar-refractivity contribution in [3.05, 3.63) is 29.7 Å². The van der Waals surface area contributed by atoms with Crippen LogP contribution in [-0.4, -0.2) is 32.4 Å². The van der Waals surface area contributed by atoms with E-state index in [4.69, 9.17) is 0 Å². The second kappa shape index (κ2) is 5.10. The lowest BCUT2D eigenvalue weighted by atomic mass is 10.0. The number of carbonyl (C=O) groups excluding carboxylic acids is 1. The molecule has 18 heavy (non-hydrogen) atoms. The van der Waals surface area contributed by atoms with Gasteiger partial charge in [0.1, 0.15) is 5.82 Å². The number of fused-ring (bicyclic) bond motifs is 1. The number of aldehydes is 1. The highest BCUT2D eigenvalue weighted by Crippen LogP contribution is 2.25.